The minimum atomic E-state index is -0.751. The van der Waals surface area contributed by atoms with Crippen LogP contribution in [0.2, 0.25) is 5.02 Å². The number of nitrogens with two attached hydrogens (primary N) is 1. The summed E-state index contributed by atoms with van der Waals surface area (Å²) in [5.74, 6) is -1.12. The normalized spacial score (nSPS) is 14.7. The van der Waals surface area contributed by atoms with Gasteiger partial charge in [-0.3, -0.25) is 14.6 Å². The summed E-state index contributed by atoms with van der Waals surface area (Å²) in [5, 5.41) is 0.246. The number of benzene rings is 2. The number of nitrogens with zero attached hydrogens (tertiary/aromatic N) is 3. The highest BCUT2D eigenvalue weighted by molar-refractivity contribution is 6.30. The van der Waals surface area contributed by atoms with E-state index in [9.17, 15) is 14.0 Å². The van der Waals surface area contributed by atoms with Gasteiger partial charge in [0, 0.05) is 17.4 Å². The minimum absolute atomic E-state index is 0.0270. The smallest absolute Gasteiger partial charge is 0.269 e. The fraction of sp³-hybridized carbons (Fsp3) is 0.217. The maximum Gasteiger partial charge on any atom is 0.269 e. The summed E-state index contributed by atoms with van der Waals surface area (Å²) >= 11 is 6.12. The van der Waals surface area contributed by atoms with Gasteiger partial charge in [0.1, 0.15) is 11.6 Å². The predicted molar refractivity (Wildman–Crippen MR) is 116 cm³/mol. The Kier molecular flexibility index (Phi) is 6.05. The van der Waals surface area contributed by atoms with Crippen molar-refractivity contribution in [2.45, 2.75) is 25.4 Å². The second-order valence-corrected chi connectivity index (χ2v) is 7.80. The molecule has 1 atom stereocenters. The third-order valence-corrected chi connectivity index (χ3v) is 5.74. The molecular weight excluding hydrogens is 435 g/mol. The number of ether oxygens (including phenoxy) is 1. The van der Waals surface area contributed by atoms with Gasteiger partial charge >= 0.3 is 0 Å². The molecule has 32 heavy (non-hydrogen) atoms. The Morgan fingerprint density at radius 2 is 2.00 bits per heavy atom. The van der Waals surface area contributed by atoms with Gasteiger partial charge in [-0.15, -0.1) is 0 Å². The van der Waals surface area contributed by atoms with Crippen LogP contribution in [0.1, 0.15) is 50.1 Å². The van der Waals surface area contributed by atoms with Crippen molar-refractivity contribution >= 4 is 23.4 Å². The first kappa shape index (κ1) is 21.7. The van der Waals surface area contributed by atoms with Crippen molar-refractivity contribution < 1.29 is 18.7 Å². The minimum Gasteiger partial charge on any atom is -0.496 e. The van der Waals surface area contributed by atoms with Crippen LogP contribution in [-0.4, -0.2) is 33.8 Å². The van der Waals surface area contributed by atoms with E-state index in [4.69, 9.17) is 22.1 Å². The molecule has 1 aliphatic carbocycles. The van der Waals surface area contributed by atoms with E-state index in [1.165, 1.54) is 30.5 Å². The zero-order chi connectivity index (χ0) is 22.8. The van der Waals surface area contributed by atoms with Crippen molar-refractivity contribution in [2.24, 2.45) is 5.73 Å². The van der Waals surface area contributed by atoms with Crippen LogP contribution < -0.4 is 10.5 Å². The zero-order valence-electron chi connectivity index (χ0n) is 17.2. The summed E-state index contributed by atoms with van der Waals surface area (Å²) in [6, 6.07) is 9.27. The lowest BCUT2D eigenvalue weighted by Crippen LogP contribution is -2.35. The van der Waals surface area contributed by atoms with Gasteiger partial charge in [0.2, 0.25) is 0 Å². The van der Waals surface area contributed by atoms with Crippen LogP contribution in [0.25, 0.3) is 0 Å². The van der Waals surface area contributed by atoms with Crippen LogP contribution >= 0.6 is 11.6 Å². The van der Waals surface area contributed by atoms with Crippen molar-refractivity contribution in [1.29, 1.82) is 0 Å². The topological polar surface area (TPSA) is 98.4 Å². The fourth-order valence-electron chi connectivity index (χ4n) is 4.09. The number of methoxy groups -OCH3 is 1. The number of aromatic nitrogens is 2. The number of hydrogen-bond donors (Lipinski definition) is 1. The van der Waals surface area contributed by atoms with Gasteiger partial charge in [-0.05, 0) is 48.2 Å². The first-order chi connectivity index (χ1) is 15.4. The van der Waals surface area contributed by atoms with Crippen molar-refractivity contribution in [3.63, 3.8) is 0 Å². The van der Waals surface area contributed by atoms with Crippen LogP contribution in [0.5, 0.6) is 5.75 Å². The molecule has 1 heterocycles. The Morgan fingerprint density at radius 3 is 2.75 bits per heavy atom. The molecule has 164 valence electrons. The number of hydrogen-bond acceptors (Lipinski definition) is 5. The average molecular weight is 455 g/mol. The van der Waals surface area contributed by atoms with Crippen LogP contribution in [0, 0.1) is 5.82 Å². The summed E-state index contributed by atoms with van der Waals surface area (Å²) in [6.07, 6.45) is 3.71. The molecule has 2 N–H and O–H groups in total. The highest BCUT2D eigenvalue weighted by atomic mass is 35.5. The maximum atomic E-state index is 14.5. The highest BCUT2D eigenvalue weighted by Gasteiger charge is 2.35. The van der Waals surface area contributed by atoms with Crippen molar-refractivity contribution in [3.05, 3.63) is 87.7 Å². The van der Waals surface area contributed by atoms with Gasteiger partial charge in [-0.25, -0.2) is 9.37 Å². The largest absolute Gasteiger partial charge is 0.496 e. The molecular formula is C23H20ClFN4O3. The Morgan fingerprint density at radius 1 is 1.25 bits per heavy atom. The number of carbonyl (C=O) groups is 2. The molecule has 0 saturated heterocycles. The molecule has 2 aromatic carbocycles. The molecule has 0 saturated carbocycles. The van der Waals surface area contributed by atoms with Gasteiger partial charge in [-0.2, -0.15) is 0 Å². The molecule has 9 heteroatoms. The van der Waals surface area contributed by atoms with Gasteiger partial charge < -0.3 is 15.4 Å². The van der Waals surface area contributed by atoms with Gasteiger partial charge in [0.15, 0.2) is 5.69 Å². The van der Waals surface area contributed by atoms with E-state index < -0.39 is 17.8 Å². The van der Waals surface area contributed by atoms with E-state index in [2.05, 4.69) is 9.97 Å². The van der Waals surface area contributed by atoms with Crippen LogP contribution in [0.15, 0.2) is 48.8 Å². The van der Waals surface area contributed by atoms with E-state index >= 15 is 0 Å². The Balaban J connectivity index is 1.82. The fourth-order valence-corrected chi connectivity index (χ4v) is 4.31. The average Bonchev–Trinajstić information content (AvgIpc) is 3.21. The van der Waals surface area contributed by atoms with E-state index in [1.807, 2.05) is 0 Å². The Bertz CT molecular complexity index is 1200. The van der Waals surface area contributed by atoms with Crippen molar-refractivity contribution in [3.8, 4) is 5.75 Å². The number of halogens is 2. The number of fused-ring (bicyclic) bond motifs is 1. The second-order valence-electron chi connectivity index (χ2n) is 7.36. The van der Waals surface area contributed by atoms with Gasteiger partial charge in [0.05, 0.1) is 31.0 Å². The lowest BCUT2D eigenvalue weighted by atomic mass is 10.0. The standard InChI is InChI=1S/C23H20ClFN4O3/c1-32-20-5-3-2-4-15(20)23(31)29(12-18-21(22(26)30)28-9-8-27-18)19-7-6-14-16(19)10-13(24)11-17(14)25/h2-5,8-11,19H,6-7,12H2,1H3,(H2,26,30)/t19-/m1/s1. The van der Waals surface area contributed by atoms with E-state index in [1.54, 1.807) is 30.3 Å². The third-order valence-electron chi connectivity index (χ3n) is 5.52. The van der Waals surface area contributed by atoms with E-state index in [0.29, 0.717) is 35.3 Å². The lowest BCUT2D eigenvalue weighted by molar-refractivity contribution is 0.0649. The van der Waals surface area contributed by atoms with E-state index in [0.717, 1.165) is 0 Å². The molecule has 0 aliphatic heterocycles. The van der Waals surface area contributed by atoms with Crippen LogP contribution in [-0.2, 0) is 13.0 Å². The molecule has 0 radical (unpaired) electrons. The molecule has 0 unspecified atom stereocenters. The molecule has 2 amide bonds. The maximum absolute atomic E-state index is 14.5. The Labute approximate surface area is 189 Å². The molecule has 4 rings (SSSR count). The SMILES string of the molecule is COc1ccccc1C(=O)N(Cc1nccnc1C(N)=O)[C@@H]1CCc2c(F)cc(Cl)cc21. The van der Waals surface area contributed by atoms with Crippen LogP contribution in [0.3, 0.4) is 0 Å². The number of amides is 2. The third kappa shape index (κ3) is 4.01. The first-order valence-electron chi connectivity index (χ1n) is 9.92. The summed E-state index contributed by atoms with van der Waals surface area (Å²) in [6.45, 7) is -0.0543. The summed E-state index contributed by atoms with van der Waals surface area (Å²) in [5.41, 5.74) is 7.16. The lowest BCUT2D eigenvalue weighted by Gasteiger charge is -2.30. The Hall–Kier alpha value is -3.52. The molecule has 0 spiro atoms. The van der Waals surface area contributed by atoms with Crippen molar-refractivity contribution in [1.82, 2.24) is 14.9 Å². The van der Waals surface area contributed by atoms with Crippen molar-refractivity contribution in [2.75, 3.05) is 7.11 Å². The number of carbonyl (C=O) groups excluding carboxylic acids is 2. The summed E-state index contributed by atoms with van der Waals surface area (Å²) in [4.78, 5) is 35.4. The summed E-state index contributed by atoms with van der Waals surface area (Å²) in [7, 11) is 1.48. The van der Waals surface area contributed by atoms with E-state index in [-0.39, 0.29) is 28.9 Å². The summed E-state index contributed by atoms with van der Waals surface area (Å²) < 4.78 is 19.9. The molecule has 0 bridgehead atoms. The van der Waals surface area contributed by atoms with Gasteiger partial charge in [0.25, 0.3) is 11.8 Å². The zero-order valence-corrected chi connectivity index (χ0v) is 18.0. The number of para-hydroxylation sites is 1. The predicted octanol–water partition coefficient (Wildman–Crippen LogP) is 3.71. The van der Waals surface area contributed by atoms with Crippen LogP contribution in [0.4, 0.5) is 4.39 Å². The molecule has 0 fully saturated rings. The molecule has 1 aromatic heterocycles. The highest BCUT2D eigenvalue weighted by Crippen LogP contribution is 2.40. The first-order valence-corrected chi connectivity index (χ1v) is 10.3. The van der Waals surface area contributed by atoms with Gasteiger partial charge in [-0.1, -0.05) is 23.7 Å². The quantitative estimate of drug-likeness (QED) is 0.612. The molecule has 1 aliphatic rings. The number of rotatable bonds is 6. The molecule has 7 nitrogen and oxygen atoms in total. The monoisotopic (exact) mass is 454 g/mol. The second kappa shape index (κ2) is 8.92. The molecule has 3 aromatic rings. The number of primary amides is 1.